The summed E-state index contributed by atoms with van der Waals surface area (Å²) in [5, 5.41) is 18.2. The first-order chi connectivity index (χ1) is 31.0. The lowest BCUT2D eigenvalue weighted by molar-refractivity contribution is -0.133. The highest BCUT2D eigenvalue weighted by Gasteiger charge is 2.40. The van der Waals surface area contributed by atoms with Crippen LogP contribution < -0.4 is 26.0 Å². The number of piperidine rings is 2. The van der Waals surface area contributed by atoms with Crippen LogP contribution in [0.2, 0.25) is 0 Å². The normalized spacial score (nSPS) is 22.4. The number of aliphatic hydroxyl groups is 1. The monoisotopic (exact) mass is 891 g/mol. The van der Waals surface area contributed by atoms with Crippen LogP contribution in [0.1, 0.15) is 76.3 Å². The van der Waals surface area contributed by atoms with Crippen LogP contribution in [-0.2, 0) is 14.3 Å². The van der Waals surface area contributed by atoms with Gasteiger partial charge in [0.15, 0.2) is 0 Å². The molecule has 19 heteroatoms. The van der Waals surface area contributed by atoms with Crippen molar-refractivity contribution < 1.29 is 32.5 Å². The predicted octanol–water partition coefficient (Wildman–Crippen LogP) is 4.86. The molecule has 4 aromatic rings. The highest BCUT2D eigenvalue weighted by atomic mass is 19.3. The van der Waals surface area contributed by atoms with Gasteiger partial charge in [0.05, 0.1) is 50.1 Å². The zero-order valence-corrected chi connectivity index (χ0v) is 36.5. The van der Waals surface area contributed by atoms with Crippen molar-refractivity contribution in [2.45, 2.75) is 88.4 Å². The van der Waals surface area contributed by atoms with E-state index in [2.05, 4.69) is 45.3 Å². The highest BCUT2D eigenvalue weighted by Crippen LogP contribution is 2.40. The molecule has 346 valence electrons. The van der Waals surface area contributed by atoms with Gasteiger partial charge in [-0.25, -0.2) is 28.1 Å². The second kappa shape index (κ2) is 20.8. The standard InChI is InChI=1S/C45H60F3N11O5/c1-45(62)12-3-8-37(45)59-42-31(25-36(41(47)48)43(59)61)28-49-44(54-42)53-33-9-14-57(15-10-33)40(60)11-21-63-23-24-64-22-20-55-16-18-56(19-17-55)39-27-38(50-30-51-39)52-34-6-4-13-58(29-34)35-7-2-5-32(46)26-35/h2,5,7,25-28,30,33-34,37,41,62H,3-4,6,8-24,29H2,1H3,(H,49,53,54)(H,50,51,52)/t34-,37+,45+/m1/s1. The number of aromatic nitrogens is 5. The van der Waals surface area contributed by atoms with Crippen LogP contribution in [0.5, 0.6) is 0 Å². The molecule has 4 aliphatic rings. The number of anilines is 4. The molecule has 3 saturated heterocycles. The van der Waals surface area contributed by atoms with E-state index < -0.39 is 29.2 Å². The number of pyridine rings is 1. The van der Waals surface area contributed by atoms with Crippen molar-refractivity contribution in [2.75, 3.05) is 106 Å². The van der Waals surface area contributed by atoms with Crippen molar-refractivity contribution in [3.63, 3.8) is 0 Å². The van der Waals surface area contributed by atoms with Crippen molar-refractivity contribution in [3.05, 3.63) is 70.7 Å². The van der Waals surface area contributed by atoms with E-state index in [0.717, 1.165) is 82.0 Å². The maximum absolute atomic E-state index is 13.8. The molecule has 1 saturated carbocycles. The van der Waals surface area contributed by atoms with Crippen LogP contribution in [0.4, 0.5) is 36.4 Å². The Kier molecular flexibility index (Phi) is 14.8. The quantitative estimate of drug-likeness (QED) is 0.123. The van der Waals surface area contributed by atoms with Crippen LogP contribution in [0.15, 0.2) is 53.7 Å². The maximum Gasteiger partial charge on any atom is 0.269 e. The minimum atomic E-state index is -2.97. The van der Waals surface area contributed by atoms with E-state index in [1.807, 2.05) is 17.0 Å². The van der Waals surface area contributed by atoms with Gasteiger partial charge in [-0.15, -0.1) is 0 Å². The van der Waals surface area contributed by atoms with Crippen LogP contribution in [0, 0.1) is 5.82 Å². The van der Waals surface area contributed by atoms with Gasteiger partial charge in [0.1, 0.15) is 29.4 Å². The molecule has 8 rings (SSSR count). The van der Waals surface area contributed by atoms with Crippen molar-refractivity contribution in [2.24, 2.45) is 0 Å². The van der Waals surface area contributed by atoms with E-state index in [1.54, 1.807) is 25.4 Å². The van der Waals surface area contributed by atoms with E-state index in [0.29, 0.717) is 77.0 Å². The molecule has 1 amide bonds. The second-order valence-corrected chi connectivity index (χ2v) is 17.6. The summed E-state index contributed by atoms with van der Waals surface area (Å²) in [5.41, 5.74) is -1.59. The minimum Gasteiger partial charge on any atom is -0.388 e. The number of hydrogen-bond acceptors (Lipinski definition) is 14. The number of amides is 1. The summed E-state index contributed by atoms with van der Waals surface area (Å²) in [5.74, 6) is 1.77. The molecule has 3 N–H and O–H groups in total. The Morgan fingerprint density at radius 2 is 1.69 bits per heavy atom. The molecule has 4 fully saturated rings. The van der Waals surface area contributed by atoms with E-state index in [1.165, 1.54) is 16.8 Å². The molecule has 3 aliphatic heterocycles. The number of hydrogen-bond donors (Lipinski definition) is 3. The average molecular weight is 892 g/mol. The number of likely N-dealkylation sites (tertiary alicyclic amines) is 1. The Morgan fingerprint density at radius 3 is 2.44 bits per heavy atom. The van der Waals surface area contributed by atoms with Crippen molar-refractivity contribution in [1.82, 2.24) is 34.3 Å². The topological polar surface area (TPSA) is 166 Å². The third-order valence-electron chi connectivity index (χ3n) is 13.1. The summed E-state index contributed by atoms with van der Waals surface area (Å²) in [6.07, 6.45) is 5.30. The second-order valence-electron chi connectivity index (χ2n) is 17.6. The van der Waals surface area contributed by atoms with Gasteiger partial charge in [-0.3, -0.25) is 19.1 Å². The van der Waals surface area contributed by atoms with E-state index >= 15 is 0 Å². The van der Waals surface area contributed by atoms with E-state index in [-0.39, 0.29) is 41.8 Å². The lowest BCUT2D eigenvalue weighted by atomic mass is 9.99. The molecule has 0 bridgehead atoms. The zero-order chi connectivity index (χ0) is 44.6. The summed E-state index contributed by atoms with van der Waals surface area (Å²) in [6.45, 7) is 10.5. The molecule has 3 aromatic heterocycles. The molecule has 0 unspecified atom stereocenters. The molecule has 1 aromatic carbocycles. The van der Waals surface area contributed by atoms with Gasteiger partial charge in [-0.05, 0) is 76.1 Å². The van der Waals surface area contributed by atoms with E-state index in [9.17, 15) is 27.9 Å². The zero-order valence-electron chi connectivity index (χ0n) is 36.5. The molecule has 16 nitrogen and oxygen atoms in total. The molecule has 0 radical (unpaired) electrons. The molecule has 3 atom stereocenters. The summed E-state index contributed by atoms with van der Waals surface area (Å²) in [4.78, 5) is 52.9. The molecular weight excluding hydrogens is 832 g/mol. The summed E-state index contributed by atoms with van der Waals surface area (Å²) in [6, 6.07) is 9.42. The molecule has 1 aliphatic carbocycles. The van der Waals surface area contributed by atoms with Gasteiger partial charge < -0.3 is 39.9 Å². The number of fused-ring (bicyclic) bond motifs is 1. The van der Waals surface area contributed by atoms with Crippen LogP contribution in [-0.4, -0.2) is 148 Å². The number of benzene rings is 1. The van der Waals surface area contributed by atoms with Crippen LogP contribution >= 0.6 is 0 Å². The number of alkyl halides is 2. The minimum absolute atomic E-state index is 0.0237. The summed E-state index contributed by atoms with van der Waals surface area (Å²) in [7, 11) is 0. The third-order valence-corrected chi connectivity index (χ3v) is 13.1. The van der Waals surface area contributed by atoms with Gasteiger partial charge in [0.25, 0.3) is 12.0 Å². The molecule has 64 heavy (non-hydrogen) atoms. The Morgan fingerprint density at radius 1 is 0.891 bits per heavy atom. The number of carbonyl (C=O) groups is 1. The van der Waals surface area contributed by atoms with Crippen molar-refractivity contribution in [1.29, 1.82) is 0 Å². The number of halogens is 3. The van der Waals surface area contributed by atoms with Crippen molar-refractivity contribution >= 4 is 40.2 Å². The van der Waals surface area contributed by atoms with Crippen LogP contribution in [0.3, 0.4) is 0 Å². The third kappa shape index (κ3) is 11.2. The molecule has 6 heterocycles. The maximum atomic E-state index is 13.8. The fourth-order valence-corrected chi connectivity index (χ4v) is 9.49. The SMILES string of the molecule is C[C@]1(O)CCC[C@@H]1n1c(=O)c(C(F)F)cc2cnc(NC3CCN(C(=O)CCOCCOCCN4CCN(c5cc(N[C@@H]6CCCN(c7cccc(F)c7)C6)ncn5)CC4)CC3)nc21. The van der Waals surface area contributed by atoms with Gasteiger partial charge in [-0.1, -0.05) is 6.07 Å². The summed E-state index contributed by atoms with van der Waals surface area (Å²) < 4.78 is 54.3. The fourth-order valence-electron chi connectivity index (χ4n) is 9.49. The summed E-state index contributed by atoms with van der Waals surface area (Å²) >= 11 is 0. The Labute approximate surface area is 371 Å². The first-order valence-corrected chi connectivity index (χ1v) is 22.7. The van der Waals surface area contributed by atoms with Crippen molar-refractivity contribution in [3.8, 4) is 0 Å². The lowest BCUT2D eigenvalue weighted by Gasteiger charge is -2.36. The van der Waals surface area contributed by atoms with Crippen LogP contribution in [0.25, 0.3) is 11.0 Å². The Hall–Kier alpha value is -5.11. The Balaban J connectivity index is 0.690. The number of piperazine rings is 1. The van der Waals surface area contributed by atoms with Gasteiger partial charge in [-0.2, -0.15) is 4.98 Å². The average Bonchev–Trinajstić information content (AvgIpc) is 3.65. The number of nitrogens with zero attached hydrogens (tertiary/aromatic N) is 9. The largest absolute Gasteiger partial charge is 0.388 e. The smallest absolute Gasteiger partial charge is 0.269 e. The number of rotatable bonds is 17. The Bertz CT molecular complexity index is 2250. The number of nitrogens with one attached hydrogen (secondary N) is 2. The molecular formula is C45H60F3N11O5. The fraction of sp³-hybridized carbons (Fsp3) is 0.600. The van der Waals surface area contributed by atoms with Gasteiger partial charge in [0, 0.05) is 94.3 Å². The van der Waals surface area contributed by atoms with E-state index in [4.69, 9.17) is 9.47 Å². The number of ether oxygens (including phenoxy) is 2. The first-order valence-electron chi connectivity index (χ1n) is 22.7. The van der Waals surface area contributed by atoms with Gasteiger partial charge >= 0.3 is 0 Å². The molecule has 0 spiro atoms. The lowest BCUT2D eigenvalue weighted by Crippen LogP contribution is -2.47. The van der Waals surface area contributed by atoms with Gasteiger partial charge in [0.2, 0.25) is 11.9 Å². The first kappa shape index (κ1) is 45.5. The predicted molar refractivity (Wildman–Crippen MR) is 238 cm³/mol. The highest BCUT2D eigenvalue weighted by molar-refractivity contribution is 5.77. The number of carbonyl (C=O) groups excluding carboxylic acids is 1.